The van der Waals surface area contributed by atoms with Gasteiger partial charge in [0.2, 0.25) is 0 Å². The minimum Gasteiger partial charge on any atom is -0.497 e. The normalized spacial score (nSPS) is 19.7. The summed E-state index contributed by atoms with van der Waals surface area (Å²) in [6, 6.07) is 20.1. The third-order valence-corrected chi connectivity index (χ3v) is 7.70. The molecule has 3 aromatic rings. The minimum absolute atomic E-state index is 0.0865. The zero-order valence-electron chi connectivity index (χ0n) is 22.3. The number of carbonyl (C=O) groups is 1. The first-order valence-corrected chi connectivity index (χ1v) is 13.8. The van der Waals surface area contributed by atoms with Crippen LogP contribution in [-0.4, -0.2) is 73.5 Å². The highest BCUT2D eigenvalue weighted by molar-refractivity contribution is 6.30. The van der Waals surface area contributed by atoms with Crippen molar-refractivity contribution < 1.29 is 14.3 Å². The number of nitrogens with zero attached hydrogens (tertiary/aromatic N) is 4. The van der Waals surface area contributed by atoms with Crippen LogP contribution in [0.3, 0.4) is 0 Å². The minimum atomic E-state index is -0.401. The Morgan fingerprint density at radius 1 is 0.923 bits per heavy atom. The fraction of sp³-hybridized carbons (Fsp3) is 0.333. The second kappa shape index (κ2) is 11.9. The Morgan fingerprint density at radius 3 is 2.13 bits per heavy atom. The zero-order valence-corrected chi connectivity index (χ0v) is 23.8. The number of urea groups is 1. The van der Waals surface area contributed by atoms with E-state index in [1.165, 1.54) is 0 Å². The van der Waals surface area contributed by atoms with Gasteiger partial charge in [0.1, 0.15) is 23.4 Å². The number of amides is 2. The number of rotatable bonds is 6. The van der Waals surface area contributed by atoms with Gasteiger partial charge in [0.25, 0.3) is 0 Å². The van der Waals surface area contributed by atoms with Crippen LogP contribution >= 0.6 is 23.2 Å². The second-order valence-corrected chi connectivity index (χ2v) is 10.6. The highest BCUT2D eigenvalue weighted by Gasteiger charge is 2.44. The molecule has 0 N–H and O–H groups in total. The Morgan fingerprint density at radius 2 is 1.54 bits per heavy atom. The van der Waals surface area contributed by atoms with Crippen molar-refractivity contribution in [3.63, 3.8) is 0 Å². The van der Waals surface area contributed by atoms with Crippen LogP contribution in [0.1, 0.15) is 35.7 Å². The molecule has 9 heteroatoms. The topological polar surface area (TPSA) is 57.6 Å². The van der Waals surface area contributed by atoms with E-state index in [-0.39, 0.29) is 12.1 Å². The van der Waals surface area contributed by atoms with Crippen LogP contribution in [0.4, 0.5) is 4.79 Å². The molecule has 39 heavy (non-hydrogen) atoms. The molecule has 0 bridgehead atoms. The van der Waals surface area contributed by atoms with Crippen molar-refractivity contribution in [2.75, 3.05) is 46.9 Å². The number of piperazine rings is 1. The Balaban J connectivity index is 1.68. The van der Waals surface area contributed by atoms with Crippen molar-refractivity contribution in [1.29, 1.82) is 0 Å². The fourth-order valence-electron chi connectivity index (χ4n) is 5.09. The van der Waals surface area contributed by atoms with E-state index in [0.29, 0.717) is 47.1 Å². The number of carbonyl (C=O) groups excluding carboxylic acids is 1. The van der Waals surface area contributed by atoms with E-state index < -0.39 is 6.04 Å². The number of hydrogen-bond donors (Lipinski definition) is 0. The molecule has 2 unspecified atom stereocenters. The lowest BCUT2D eigenvalue weighted by molar-refractivity contribution is 0.130. The van der Waals surface area contributed by atoms with Gasteiger partial charge < -0.3 is 19.3 Å². The van der Waals surface area contributed by atoms with E-state index >= 15 is 0 Å². The van der Waals surface area contributed by atoms with Crippen molar-refractivity contribution in [3.05, 3.63) is 93.5 Å². The average Bonchev–Trinajstić information content (AvgIpc) is 3.34. The molecule has 0 radical (unpaired) electrons. The molecule has 2 aliphatic heterocycles. The SMILES string of the molecule is CCOc1cc(OC)ccc1C1=NC(c2ccc(Cl)cc2)C(c2ccc(Cl)cc2)N1C(=O)N1CCN(C)CC1. The molecule has 2 aliphatic rings. The summed E-state index contributed by atoms with van der Waals surface area (Å²) in [6.45, 7) is 5.29. The Bertz CT molecular complexity index is 1340. The molecule has 204 valence electrons. The van der Waals surface area contributed by atoms with Gasteiger partial charge in [-0.05, 0) is 61.5 Å². The predicted molar refractivity (Wildman–Crippen MR) is 155 cm³/mol. The lowest BCUT2D eigenvalue weighted by Gasteiger charge is -2.38. The van der Waals surface area contributed by atoms with E-state index in [9.17, 15) is 4.79 Å². The number of likely N-dealkylation sites (N-methyl/N-ethyl adjacent to an activating group) is 1. The molecule has 5 rings (SSSR count). The molecule has 0 aliphatic carbocycles. The number of methoxy groups -OCH3 is 1. The molecule has 0 saturated carbocycles. The summed E-state index contributed by atoms with van der Waals surface area (Å²) in [4.78, 5) is 25.6. The van der Waals surface area contributed by atoms with Crippen LogP contribution in [0.15, 0.2) is 71.7 Å². The monoisotopic (exact) mass is 566 g/mol. The standard InChI is InChI=1S/C30H32Cl2N4O3/c1-4-39-26-19-24(38-3)13-14-25(26)29-33-27(20-5-9-22(31)10-6-20)28(21-7-11-23(32)12-8-21)36(29)30(37)35-17-15-34(2)16-18-35/h5-14,19,27-28H,4,15-18H2,1-3H3. The lowest BCUT2D eigenvalue weighted by Crippen LogP contribution is -2.53. The van der Waals surface area contributed by atoms with E-state index in [2.05, 4.69) is 11.9 Å². The maximum Gasteiger partial charge on any atom is 0.326 e. The number of benzene rings is 3. The number of aliphatic imine (C=N–C) groups is 1. The van der Waals surface area contributed by atoms with Gasteiger partial charge in [0.15, 0.2) is 0 Å². The number of amidine groups is 1. The average molecular weight is 568 g/mol. The number of ether oxygens (including phenoxy) is 2. The molecule has 2 amide bonds. The molecule has 7 nitrogen and oxygen atoms in total. The summed E-state index contributed by atoms with van der Waals surface area (Å²) in [5.74, 6) is 1.84. The van der Waals surface area contributed by atoms with Crippen molar-refractivity contribution in [2.45, 2.75) is 19.0 Å². The summed E-state index contributed by atoms with van der Waals surface area (Å²) < 4.78 is 11.5. The molecular formula is C30H32Cl2N4O3. The second-order valence-electron chi connectivity index (χ2n) is 9.68. The highest BCUT2D eigenvalue weighted by Crippen LogP contribution is 2.45. The van der Waals surface area contributed by atoms with Crippen molar-refractivity contribution in [3.8, 4) is 11.5 Å². The van der Waals surface area contributed by atoms with Gasteiger partial charge in [-0.25, -0.2) is 4.79 Å². The largest absolute Gasteiger partial charge is 0.497 e. The molecule has 0 aromatic heterocycles. The summed E-state index contributed by atoms with van der Waals surface area (Å²) >= 11 is 12.5. The quantitative estimate of drug-likeness (QED) is 0.350. The zero-order chi connectivity index (χ0) is 27.5. The van der Waals surface area contributed by atoms with Gasteiger partial charge in [0, 0.05) is 42.3 Å². The van der Waals surface area contributed by atoms with Crippen LogP contribution in [0.25, 0.3) is 0 Å². The van der Waals surface area contributed by atoms with Crippen molar-refractivity contribution in [1.82, 2.24) is 14.7 Å². The first kappa shape index (κ1) is 27.3. The third-order valence-electron chi connectivity index (χ3n) is 7.20. The van der Waals surface area contributed by atoms with Crippen LogP contribution in [0.5, 0.6) is 11.5 Å². The van der Waals surface area contributed by atoms with Gasteiger partial charge in [-0.2, -0.15) is 0 Å². The molecule has 1 saturated heterocycles. The predicted octanol–water partition coefficient (Wildman–Crippen LogP) is 6.31. The van der Waals surface area contributed by atoms with Gasteiger partial charge >= 0.3 is 6.03 Å². The van der Waals surface area contributed by atoms with Gasteiger partial charge in [-0.3, -0.25) is 9.89 Å². The van der Waals surface area contributed by atoms with Crippen LogP contribution in [0, 0.1) is 0 Å². The molecule has 1 fully saturated rings. The van der Waals surface area contributed by atoms with E-state index in [1.54, 1.807) is 7.11 Å². The number of hydrogen-bond acceptors (Lipinski definition) is 5. The highest BCUT2D eigenvalue weighted by atomic mass is 35.5. The smallest absolute Gasteiger partial charge is 0.326 e. The molecule has 2 atom stereocenters. The van der Waals surface area contributed by atoms with Gasteiger partial charge in [-0.15, -0.1) is 0 Å². The molecule has 3 aromatic carbocycles. The Hall–Kier alpha value is -3.26. The Kier molecular flexibility index (Phi) is 8.31. The van der Waals surface area contributed by atoms with Crippen molar-refractivity contribution in [2.24, 2.45) is 4.99 Å². The number of halogens is 2. The third kappa shape index (κ3) is 5.71. The van der Waals surface area contributed by atoms with E-state index in [4.69, 9.17) is 37.7 Å². The van der Waals surface area contributed by atoms with Gasteiger partial charge in [-0.1, -0.05) is 47.5 Å². The van der Waals surface area contributed by atoms with Gasteiger partial charge in [0.05, 0.1) is 25.3 Å². The summed E-state index contributed by atoms with van der Waals surface area (Å²) in [5, 5.41) is 1.27. The molecule has 2 heterocycles. The molecule has 0 spiro atoms. The van der Waals surface area contributed by atoms with Crippen LogP contribution in [0.2, 0.25) is 10.0 Å². The maximum atomic E-state index is 14.4. The van der Waals surface area contributed by atoms with Crippen molar-refractivity contribution >= 4 is 35.1 Å². The van der Waals surface area contributed by atoms with Crippen LogP contribution < -0.4 is 9.47 Å². The van der Waals surface area contributed by atoms with Crippen LogP contribution in [-0.2, 0) is 0 Å². The van der Waals surface area contributed by atoms with E-state index in [0.717, 1.165) is 29.8 Å². The maximum absolute atomic E-state index is 14.4. The van der Waals surface area contributed by atoms with E-state index in [1.807, 2.05) is 83.5 Å². The Labute approximate surface area is 239 Å². The summed E-state index contributed by atoms with van der Waals surface area (Å²) in [6.07, 6.45) is 0. The summed E-state index contributed by atoms with van der Waals surface area (Å²) in [5.41, 5.74) is 2.62. The first-order valence-electron chi connectivity index (χ1n) is 13.1. The fourth-order valence-corrected chi connectivity index (χ4v) is 5.35. The first-order chi connectivity index (χ1) is 18.9. The lowest BCUT2D eigenvalue weighted by atomic mass is 9.93. The summed E-state index contributed by atoms with van der Waals surface area (Å²) in [7, 11) is 3.69. The molecular weight excluding hydrogens is 535 g/mol.